The number of fused-ring (bicyclic) bond motifs is 1. The van der Waals surface area contributed by atoms with Gasteiger partial charge in [-0.15, -0.1) is 0 Å². The Labute approximate surface area is 126 Å². The number of esters is 1. The number of hydrogen-bond donors (Lipinski definition) is 1. The minimum absolute atomic E-state index is 0.236. The van der Waals surface area contributed by atoms with Gasteiger partial charge in [0.05, 0.1) is 6.54 Å². The molecule has 0 atom stereocenters. The van der Waals surface area contributed by atoms with Crippen LogP contribution in [0, 0.1) is 0 Å². The second-order valence-electron chi connectivity index (χ2n) is 4.96. The van der Waals surface area contributed by atoms with E-state index in [1.54, 1.807) is 24.3 Å². The molecular formula is C15H14N2O5. The number of carbonyl (C=O) groups excluding carboxylic acids is 1. The molecular weight excluding hydrogens is 288 g/mol. The van der Waals surface area contributed by atoms with Crippen LogP contribution in [-0.2, 0) is 17.8 Å². The molecule has 114 valence electrons. The summed E-state index contributed by atoms with van der Waals surface area (Å²) in [6.07, 6.45) is -0.443. The highest BCUT2D eigenvalue weighted by atomic mass is 16.5. The number of aromatic nitrogens is 1. The zero-order chi connectivity index (χ0) is 15.7. The maximum atomic E-state index is 11.0. The molecule has 1 aliphatic heterocycles. The highest BCUT2D eigenvalue weighted by molar-refractivity contribution is 5.69. The third-order valence-corrected chi connectivity index (χ3v) is 3.36. The minimum Gasteiger partial charge on any atom is -0.465 e. The number of rotatable bonds is 2. The average Bonchev–Trinajstić information content (AvgIpc) is 2.90. The zero-order valence-electron chi connectivity index (χ0n) is 11.9. The summed E-state index contributed by atoms with van der Waals surface area (Å²) in [4.78, 5) is 27.5. The maximum absolute atomic E-state index is 11.0. The van der Waals surface area contributed by atoms with Crippen LogP contribution in [0.15, 0.2) is 28.7 Å². The van der Waals surface area contributed by atoms with E-state index in [4.69, 9.17) is 14.3 Å². The zero-order valence-corrected chi connectivity index (χ0v) is 11.9. The van der Waals surface area contributed by atoms with E-state index in [0.717, 1.165) is 11.3 Å². The number of ether oxygens (including phenoxy) is 1. The summed E-state index contributed by atoms with van der Waals surface area (Å²) in [5.41, 5.74) is 1.39. The Morgan fingerprint density at radius 2 is 2.05 bits per heavy atom. The van der Waals surface area contributed by atoms with E-state index in [1.165, 1.54) is 11.8 Å². The number of hydrogen-bond acceptors (Lipinski definition) is 5. The third kappa shape index (κ3) is 2.78. The Bertz CT molecular complexity index is 720. The summed E-state index contributed by atoms with van der Waals surface area (Å²) in [7, 11) is 0. The van der Waals surface area contributed by atoms with Crippen LogP contribution in [0.1, 0.15) is 18.4 Å². The van der Waals surface area contributed by atoms with Crippen LogP contribution in [0.2, 0.25) is 0 Å². The van der Waals surface area contributed by atoms with Crippen molar-refractivity contribution in [2.24, 2.45) is 0 Å². The SMILES string of the molecule is CC(=O)Oc1ccc(-c2nc3c(o2)CCN(C(=O)O)C3)cc1. The molecule has 1 aromatic heterocycles. The fourth-order valence-electron chi connectivity index (χ4n) is 2.32. The van der Waals surface area contributed by atoms with Crippen LogP contribution in [0.25, 0.3) is 11.5 Å². The number of oxazole rings is 1. The normalized spacial score (nSPS) is 13.6. The molecule has 1 N–H and O–H groups in total. The molecule has 0 unspecified atom stereocenters. The molecule has 0 bridgehead atoms. The van der Waals surface area contributed by atoms with Crippen molar-refractivity contribution in [2.75, 3.05) is 6.54 Å². The van der Waals surface area contributed by atoms with Crippen molar-refractivity contribution < 1.29 is 23.8 Å². The van der Waals surface area contributed by atoms with Gasteiger partial charge in [0.2, 0.25) is 5.89 Å². The number of benzene rings is 1. The summed E-state index contributed by atoms with van der Waals surface area (Å²) < 4.78 is 10.7. The number of nitrogens with zero attached hydrogens (tertiary/aromatic N) is 2. The van der Waals surface area contributed by atoms with E-state index < -0.39 is 6.09 Å². The molecule has 2 aromatic rings. The Kier molecular flexibility index (Phi) is 3.54. The molecule has 22 heavy (non-hydrogen) atoms. The van der Waals surface area contributed by atoms with Crippen molar-refractivity contribution in [3.63, 3.8) is 0 Å². The van der Waals surface area contributed by atoms with Crippen LogP contribution in [0.3, 0.4) is 0 Å². The topological polar surface area (TPSA) is 92.9 Å². The first-order valence-electron chi connectivity index (χ1n) is 6.78. The standard InChI is InChI=1S/C15H14N2O5/c1-9(18)21-11-4-2-10(3-5-11)14-16-12-8-17(15(19)20)7-6-13(12)22-14/h2-5H,6-8H2,1H3,(H,19,20). The van der Waals surface area contributed by atoms with Crippen molar-refractivity contribution in [3.05, 3.63) is 35.7 Å². The van der Waals surface area contributed by atoms with Gasteiger partial charge in [-0.1, -0.05) is 0 Å². The predicted octanol–water partition coefficient (Wildman–Crippen LogP) is 2.30. The van der Waals surface area contributed by atoms with E-state index in [9.17, 15) is 9.59 Å². The first-order chi connectivity index (χ1) is 10.5. The number of carbonyl (C=O) groups is 2. The fraction of sp³-hybridized carbons (Fsp3) is 0.267. The monoisotopic (exact) mass is 302 g/mol. The van der Waals surface area contributed by atoms with Gasteiger partial charge in [-0.3, -0.25) is 4.79 Å². The lowest BCUT2D eigenvalue weighted by atomic mass is 10.2. The fourth-order valence-corrected chi connectivity index (χ4v) is 2.32. The van der Waals surface area contributed by atoms with E-state index in [0.29, 0.717) is 30.3 Å². The predicted molar refractivity (Wildman–Crippen MR) is 75.4 cm³/mol. The highest BCUT2D eigenvalue weighted by Gasteiger charge is 2.25. The van der Waals surface area contributed by atoms with Crippen LogP contribution in [-0.4, -0.2) is 33.6 Å². The largest absolute Gasteiger partial charge is 0.465 e. The van der Waals surface area contributed by atoms with E-state index in [1.807, 2.05) is 0 Å². The van der Waals surface area contributed by atoms with Gasteiger partial charge in [0.1, 0.15) is 17.2 Å². The van der Waals surface area contributed by atoms with Gasteiger partial charge in [-0.05, 0) is 24.3 Å². The molecule has 7 heteroatoms. The molecule has 0 saturated heterocycles. The molecule has 1 aromatic carbocycles. The summed E-state index contributed by atoms with van der Waals surface area (Å²) in [5, 5.41) is 9.02. The van der Waals surface area contributed by atoms with Crippen molar-refractivity contribution in [1.82, 2.24) is 9.88 Å². The molecule has 7 nitrogen and oxygen atoms in total. The van der Waals surface area contributed by atoms with Crippen molar-refractivity contribution >= 4 is 12.1 Å². The van der Waals surface area contributed by atoms with Crippen LogP contribution >= 0.6 is 0 Å². The highest BCUT2D eigenvalue weighted by Crippen LogP contribution is 2.27. The first kappa shape index (κ1) is 14.1. The summed E-state index contributed by atoms with van der Waals surface area (Å²) >= 11 is 0. The van der Waals surface area contributed by atoms with Crippen molar-refractivity contribution in [1.29, 1.82) is 0 Å². The van der Waals surface area contributed by atoms with Gasteiger partial charge in [-0.2, -0.15) is 0 Å². The Balaban J connectivity index is 1.82. The first-order valence-corrected chi connectivity index (χ1v) is 6.78. The molecule has 0 aliphatic carbocycles. The molecule has 0 saturated carbocycles. The lowest BCUT2D eigenvalue weighted by Gasteiger charge is -2.21. The second-order valence-corrected chi connectivity index (χ2v) is 4.96. The smallest absolute Gasteiger partial charge is 0.407 e. The van der Waals surface area contributed by atoms with E-state index in [-0.39, 0.29) is 12.5 Å². The number of carboxylic acid groups (broad SMARTS) is 1. The van der Waals surface area contributed by atoms with Gasteiger partial charge in [0.15, 0.2) is 0 Å². The van der Waals surface area contributed by atoms with Gasteiger partial charge in [0.25, 0.3) is 0 Å². The van der Waals surface area contributed by atoms with Gasteiger partial charge >= 0.3 is 12.1 Å². The molecule has 0 spiro atoms. The summed E-state index contributed by atoms with van der Waals surface area (Å²) in [6, 6.07) is 6.79. The maximum Gasteiger partial charge on any atom is 0.407 e. The third-order valence-electron chi connectivity index (χ3n) is 3.36. The molecule has 0 radical (unpaired) electrons. The number of amides is 1. The van der Waals surface area contributed by atoms with E-state index in [2.05, 4.69) is 4.98 Å². The van der Waals surface area contributed by atoms with Crippen LogP contribution in [0.4, 0.5) is 4.79 Å². The van der Waals surface area contributed by atoms with Crippen LogP contribution in [0.5, 0.6) is 5.75 Å². The summed E-state index contributed by atoms with van der Waals surface area (Å²) in [5.74, 6) is 1.22. The van der Waals surface area contributed by atoms with Gasteiger partial charge in [0, 0.05) is 25.5 Å². The molecule has 1 amide bonds. The molecule has 3 rings (SSSR count). The van der Waals surface area contributed by atoms with Crippen molar-refractivity contribution in [2.45, 2.75) is 19.9 Å². The molecule has 1 aliphatic rings. The summed E-state index contributed by atoms with van der Waals surface area (Å²) in [6.45, 7) is 1.98. The molecule has 0 fully saturated rings. The van der Waals surface area contributed by atoms with Gasteiger partial charge in [-0.25, -0.2) is 9.78 Å². The lowest BCUT2D eigenvalue weighted by molar-refractivity contribution is -0.131. The van der Waals surface area contributed by atoms with E-state index >= 15 is 0 Å². The Hall–Kier alpha value is -2.83. The average molecular weight is 302 g/mol. The van der Waals surface area contributed by atoms with Crippen LogP contribution < -0.4 is 4.74 Å². The minimum atomic E-state index is -0.957. The van der Waals surface area contributed by atoms with Gasteiger partial charge < -0.3 is 19.2 Å². The second kappa shape index (κ2) is 5.51. The molecule has 2 heterocycles. The van der Waals surface area contributed by atoms with Crippen molar-refractivity contribution in [3.8, 4) is 17.2 Å². The quantitative estimate of drug-likeness (QED) is 0.676. The Morgan fingerprint density at radius 1 is 1.32 bits per heavy atom. The lowest BCUT2D eigenvalue weighted by Crippen LogP contribution is -2.34. The Morgan fingerprint density at radius 3 is 2.68 bits per heavy atom.